The molecule has 1 N–H and O–H groups in total. The summed E-state index contributed by atoms with van der Waals surface area (Å²) < 4.78 is 0. The Balaban J connectivity index is 1.84. The first kappa shape index (κ1) is 12.1. The van der Waals surface area contributed by atoms with Crippen molar-refractivity contribution in [1.82, 2.24) is 5.32 Å². The summed E-state index contributed by atoms with van der Waals surface area (Å²) in [5.74, 6) is 0.899. The van der Waals surface area contributed by atoms with Crippen LogP contribution in [0, 0.1) is 5.92 Å². The van der Waals surface area contributed by atoms with Crippen LogP contribution in [0.5, 0.6) is 0 Å². The lowest BCUT2D eigenvalue weighted by Crippen LogP contribution is -2.36. The lowest BCUT2D eigenvalue weighted by atomic mass is 9.84. The van der Waals surface area contributed by atoms with Crippen molar-refractivity contribution in [1.29, 1.82) is 0 Å². The van der Waals surface area contributed by atoms with Crippen LogP contribution in [0.3, 0.4) is 0 Å². The smallest absolute Gasteiger partial charge is 0.0388 e. The monoisotopic (exact) mass is 237 g/mol. The Kier molecular flexibility index (Phi) is 4.42. The minimum atomic E-state index is 0.511. The molecule has 0 radical (unpaired) electrons. The summed E-state index contributed by atoms with van der Waals surface area (Å²) >= 11 is 1.86. The molecule has 0 amide bonds. The molecule has 1 fully saturated rings. The lowest BCUT2D eigenvalue weighted by molar-refractivity contribution is 0.269. The van der Waals surface area contributed by atoms with Crippen LogP contribution in [-0.4, -0.2) is 6.04 Å². The normalized spacial score (nSPS) is 21.9. The summed E-state index contributed by atoms with van der Waals surface area (Å²) in [6, 6.07) is 5.55. The fourth-order valence-corrected chi connectivity index (χ4v) is 3.53. The Morgan fingerprint density at radius 3 is 2.62 bits per heavy atom. The van der Waals surface area contributed by atoms with E-state index in [1.807, 2.05) is 11.3 Å². The van der Waals surface area contributed by atoms with Gasteiger partial charge in [-0.2, -0.15) is 0 Å². The molecule has 1 aromatic heterocycles. The second-order valence-electron chi connectivity index (χ2n) is 5.09. The molecule has 2 atom stereocenters. The van der Waals surface area contributed by atoms with E-state index >= 15 is 0 Å². The molecule has 0 saturated heterocycles. The Bertz CT molecular complexity index is 288. The molecule has 1 nitrogen and oxygen atoms in total. The van der Waals surface area contributed by atoms with Gasteiger partial charge < -0.3 is 5.32 Å². The highest BCUT2D eigenvalue weighted by Crippen LogP contribution is 2.28. The molecule has 1 heterocycles. The van der Waals surface area contributed by atoms with Crippen molar-refractivity contribution in [3.63, 3.8) is 0 Å². The van der Waals surface area contributed by atoms with E-state index in [0.29, 0.717) is 12.1 Å². The van der Waals surface area contributed by atoms with Gasteiger partial charge in [-0.25, -0.2) is 0 Å². The van der Waals surface area contributed by atoms with Crippen LogP contribution in [0.4, 0.5) is 0 Å². The highest BCUT2D eigenvalue weighted by molar-refractivity contribution is 7.10. The molecular formula is C14H23NS. The third-order valence-corrected chi connectivity index (χ3v) is 4.89. The molecule has 1 aliphatic rings. The third-order valence-electron chi connectivity index (χ3n) is 3.84. The fourth-order valence-electron chi connectivity index (χ4n) is 2.78. The van der Waals surface area contributed by atoms with Gasteiger partial charge in [0.05, 0.1) is 0 Å². The number of hydrogen-bond acceptors (Lipinski definition) is 2. The van der Waals surface area contributed by atoms with Crippen LogP contribution < -0.4 is 5.32 Å². The molecule has 2 heteroatoms. The maximum Gasteiger partial charge on any atom is 0.0388 e. The van der Waals surface area contributed by atoms with Crippen molar-refractivity contribution in [3.05, 3.63) is 22.4 Å². The van der Waals surface area contributed by atoms with Gasteiger partial charge in [0.2, 0.25) is 0 Å². The van der Waals surface area contributed by atoms with Gasteiger partial charge in [-0.1, -0.05) is 25.3 Å². The molecule has 0 aromatic carbocycles. The molecule has 1 saturated carbocycles. The van der Waals surface area contributed by atoms with Crippen molar-refractivity contribution in [2.45, 2.75) is 58.0 Å². The molecule has 1 aliphatic carbocycles. The molecule has 0 aliphatic heterocycles. The minimum absolute atomic E-state index is 0.511. The highest BCUT2D eigenvalue weighted by atomic mass is 32.1. The van der Waals surface area contributed by atoms with Crippen LogP contribution in [-0.2, 0) is 0 Å². The zero-order valence-corrected chi connectivity index (χ0v) is 11.2. The second-order valence-corrected chi connectivity index (χ2v) is 6.07. The van der Waals surface area contributed by atoms with Gasteiger partial charge in [-0.15, -0.1) is 11.3 Å². The van der Waals surface area contributed by atoms with E-state index in [4.69, 9.17) is 0 Å². The van der Waals surface area contributed by atoms with E-state index in [2.05, 4.69) is 36.7 Å². The Morgan fingerprint density at radius 1 is 1.25 bits per heavy atom. The van der Waals surface area contributed by atoms with Crippen molar-refractivity contribution in [2.24, 2.45) is 5.92 Å². The maximum atomic E-state index is 3.76. The topological polar surface area (TPSA) is 12.0 Å². The number of nitrogens with one attached hydrogen (secondary N) is 1. The molecule has 1 aromatic rings. The largest absolute Gasteiger partial charge is 0.307 e. The van der Waals surface area contributed by atoms with Crippen LogP contribution >= 0.6 is 11.3 Å². The van der Waals surface area contributed by atoms with Gasteiger partial charge in [0.25, 0.3) is 0 Å². The van der Waals surface area contributed by atoms with Crippen LogP contribution in [0.2, 0.25) is 0 Å². The van der Waals surface area contributed by atoms with Gasteiger partial charge in [-0.3, -0.25) is 0 Å². The first-order valence-electron chi connectivity index (χ1n) is 6.57. The van der Waals surface area contributed by atoms with E-state index in [1.54, 1.807) is 0 Å². The number of rotatable bonds is 4. The zero-order chi connectivity index (χ0) is 11.4. The molecular weight excluding hydrogens is 214 g/mol. The average molecular weight is 237 g/mol. The Morgan fingerprint density at radius 2 is 2.00 bits per heavy atom. The number of thiophene rings is 1. The summed E-state index contributed by atoms with van der Waals surface area (Å²) in [5, 5.41) is 5.93. The first-order valence-corrected chi connectivity index (χ1v) is 7.45. The number of hydrogen-bond donors (Lipinski definition) is 1. The van der Waals surface area contributed by atoms with Crippen LogP contribution in [0.25, 0.3) is 0 Å². The van der Waals surface area contributed by atoms with Crippen LogP contribution in [0.15, 0.2) is 17.5 Å². The van der Waals surface area contributed by atoms with Gasteiger partial charge in [0.1, 0.15) is 0 Å². The Labute approximate surface area is 103 Å². The second kappa shape index (κ2) is 5.83. The predicted molar refractivity (Wildman–Crippen MR) is 71.9 cm³/mol. The van der Waals surface area contributed by atoms with Crippen molar-refractivity contribution >= 4 is 11.3 Å². The SMILES string of the molecule is CC(N[C@@H](C)c1cccs1)C1CCCCC1. The summed E-state index contributed by atoms with van der Waals surface area (Å²) in [5.41, 5.74) is 0. The van der Waals surface area contributed by atoms with E-state index < -0.39 is 0 Å². The molecule has 16 heavy (non-hydrogen) atoms. The first-order chi connectivity index (χ1) is 7.77. The van der Waals surface area contributed by atoms with E-state index in [-0.39, 0.29) is 0 Å². The van der Waals surface area contributed by atoms with Crippen LogP contribution in [0.1, 0.15) is 56.9 Å². The van der Waals surface area contributed by atoms with Crippen molar-refractivity contribution in [3.8, 4) is 0 Å². The van der Waals surface area contributed by atoms with E-state index in [1.165, 1.54) is 37.0 Å². The highest BCUT2D eigenvalue weighted by Gasteiger charge is 2.21. The average Bonchev–Trinajstić information content (AvgIpc) is 2.83. The standard InChI is InChI=1S/C14H23NS/c1-11(13-7-4-3-5-8-13)15-12(2)14-9-6-10-16-14/h6,9-13,15H,3-5,7-8H2,1-2H3/t11?,12-/m0/s1. The van der Waals surface area contributed by atoms with Gasteiger partial charge >= 0.3 is 0 Å². The summed E-state index contributed by atoms with van der Waals surface area (Å²) in [4.78, 5) is 1.46. The van der Waals surface area contributed by atoms with Gasteiger partial charge in [0, 0.05) is 17.0 Å². The molecule has 0 spiro atoms. The quantitative estimate of drug-likeness (QED) is 0.820. The molecule has 1 unspecified atom stereocenters. The maximum absolute atomic E-state index is 3.76. The third kappa shape index (κ3) is 3.08. The Hall–Kier alpha value is -0.340. The molecule has 0 bridgehead atoms. The summed E-state index contributed by atoms with van der Waals surface area (Å²) in [7, 11) is 0. The fraction of sp³-hybridized carbons (Fsp3) is 0.714. The van der Waals surface area contributed by atoms with Gasteiger partial charge in [0.15, 0.2) is 0 Å². The predicted octanol–water partition coefficient (Wildman–Crippen LogP) is 4.37. The summed E-state index contributed by atoms with van der Waals surface area (Å²) in [6.45, 7) is 4.64. The van der Waals surface area contributed by atoms with Gasteiger partial charge in [-0.05, 0) is 44.1 Å². The summed E-state index contributed by atoms with van der Waals surface area (Å²) in [6.07, 6.45) is 7.16. The molecule has 90 valence electrons. The minimum Gasteiger partial charge on any atom is -0.307 e. The van der Waals surface area contributed by atoms with E-state index in [9.17, 15) is 0 Å². The molecule has 2 rings (SSSR count). The lowest BCUT2D eigenvalue weighted by Gasteiger charge is -2.30. The van der Waals surface area contributed by atoms with Crippen molar-refractivity contribution < 1.29 is 0 Å². The van der Waals surface area contributed by atoms with Crippen molar-refractivity contribution in [2.75, 3.05) is 0 Å². The zero-order valence-electron chi connectivity index (χ0n) is 10.4. The van der Waals surface area contributed by atoms with E-state index in [0.717, 1.165) is 5.92 Å².